The average Bonchev–Trinajstić information content (AvgIpc) is 3.38. The standard InChI is InChI=1S/C30H34F3NO/c1-4-30(2,3)17-25(35)24-18-34-29(21-7-5-6-8-21)27(26(24)19-9-13-22(31)14-10-19)28(33)20-11-15-23(32)16-12-20/h9-16,18,21,25,28,35H,4-8,17H2,1-3H3. The van der Waals surface area contributed by atoms with Gasteiger partial charge in [0.1, 0.15) is 11.6 Å². The number of aliphatic hydroxyl groups is 1. The Morgan fingerprint density at radius 3 is 2.11 bits per heavy atom. The van der Waals surface area contributed by atoms with E-state index in [1.165, 1.54) is 36.4 Å². The summed E-state index contributed by atoms with van der Waals surface area (Å²) in [6, 6.07) is 11.4. The van der Waals surface area contributed by atoms with Gasteiger partial charge < -0.3 is 5.11 Å². The van der Waals surface area contributed by atoms with Gasteiger partial charge in [-0.15, -0.1) is 0 Å². The summed E-state index contributed by atoms with van der Waals surface area (Å²) in [4.78, 5) is 4.76. The molecule has 2 unspecified atom stereocenters. The quantitative estimate of drug-likeness (QED) is 0.349. The van der Waals surface area contributed by atoms with Crippen LogP contribution in [0.2, 0.25) is 0 Å². The van der Waals surface area contributed by atoms with E-state index >= 15 is 4.39 Å². The van der Waals surface area contributed by atoms with E-state index < -0.39 is 18.1 Å². The van der Waals surface area contributed by atoms with Crippen LogP contribution in [0.25, 0.3) is 11.1 Å². The zero-order chi connectivity index (χ0) is 25.2. The Morgan fingerprint density at radius 2 is 1.54 bits per heavy atom. The molecule has 1 heterocycles. The Morgan fingerprint density at radius 1 is 0.971 bits per heavy atom. The maximum absolute atomic E-state index is 16.5. The molecule has 0 saturated heterocycles. The third-order valence-corrected chi connectivity index (χ3v) is 7.53. The predicted octanol–water partition coefficient (Wildman–Crippen LogP) is 8.60. The van der Waals surface area contributed by atoms with Crippen LogP contribution in [0, 0.1) is 17.0 Å². The van der Waals surface area contributed by atoms with Crippen molar-refractivity contribution in [2.75, 3.05) is 0 Å². The maximum atomic E-state index is 16.5. The fourth-order valence-corrected chi connectivity index (χ4v) is 5.11. The van der Waals surface area contributed by atoms with E-state index in [0.29, 0.717) is 39.9 Å². The van der Waals surface area contributed by atoms with Crippen LogP contribution in [0.3, 0.4) is 0 Å². The minimum absolute atomic E-state index is 0.112. The Balaban J connectivity index is 1.96. The maximum Gasteiger partial charge on any atom is 0.153 e. The number of aromatic nitrogens is 1. The van der Waals surface area contributed by atoms with Crippen molar-refractivity contribution in [3.05, 3.63) is 88.7 Å². The number of pyridine rings is 1. The molecule has 0 amide bonds. The van der Waals surface area contributed by atoms with Crippen LogP contribution in [-0.4, -0.2) is 10.1 Å². The summed E-state index contributed by atoms with van der Waals surface area (Å²) in [5.74, 6) is -0.703. The number of halogens is 3. The lowest BCUT2D eigenvalue weighted by atomic mass is 9.79. The molecule has 0 aliphatic heterocycles. The fraction of sp³-hybridized carbons (Fsp3) is 0.433. The molecule has 186 valence electrons. The second-order valence-electron chi connectivity index (χ2n) is 10.5. The van der Waals surface area contributed by atoms with Crippen LogP contribution in [-0.2, 0) is 0 Å². The minimum Gasteiger partial charge on any atom is -0.388 e. The molecule has 1 saturated carbocycles. The van der Waals surface area contributed by atoms with Gasteiger partial charge >= 0.3 is 0 Å². The number of alkyl halides is 1. The summed E-state index contributed by atoms with van der Waals surface area (Å²) < 4.78 is 43.9. The van der Waals surface area contributed by atoms with Crippen LogP contribution >= 0.6 is 0 Å². The van der Waals surface area contributed by atoms with Crippen molar-refractivity contribution in [2.45, 2.75) is 77.5 Å². The lowest BCUT2D eigenvalue weighted by Gasteiger charge is -2.29. The third kappa shape index (κ3) is 5.61. The molecule has 1 aliphatic carbocycles. The lowest BCUT2D eigenvalue weighted by Crippen LogP contribution is -2.17. The summed E-state index contributed by atoms with van der Waals surface area (Å²) in [7, 11) is 0. The Kier molecular flexibility index (Phi) is 7.65. The molecule has 0 bridgehead atoms. The van der Waals surface area contributed by atoms with E-state index in [-0.39, 0.29) is 17.2 Å². The molecule has 0 radical (unpaired) electrons. The van der Waals surface area contributed by atoms with Gasteiger partial charge in [0.2, 0.25) is 0 Å². The van der Waals surface area contributed by atoms with Crippen molar-refractivity contribution >= 4 is 0 Å². The van der Waals surface area contributed by atoms with Gasteiger partial charge in [0.25, 0.3) is 0 Å². The summed E-state index contributed by atoms with van der Waals surface area (Å²) in [5.41, 5.74) is 3.03. The molecule has 35 heavy (non-hydrogen) atoms. The zero-order valence-corrected chi connectivity index (χ0v) is 20.7. The van der Waals surface area contributed by atoms with Gasteiger partial charge in [-0.05, 0) is 65.6 Å². The zero-order valence-electron chi connectivity index (χ0n) is 20.7. The van der Waals surface area contributed by atoms with Gasteiger partial charge in [-0.1, -0.05) is 64.3 Å². The van der Waals surface area contributed by atoms with Crippen molar-refractivity contribution in [1.29, 1.82) is 0 Å². The predicted molar refractivity (Wildman–Crippen MR) is 134 cm³/mol. The van der Waals surface area contributed by atoms with Crippen LogP contribution in [0.5, 0.6) is 0 Å². The first-order valence-corrected chi connectivity index (χ1v) is 12.6. The molecule has 2 atom stereocenters. The minimum atomic E-state index is -1.56. The second kappa shape index (κ2) is 10.5. The van der Waals surface area contributed by atoms with E-state index in [2.05, 4.69) is 20.8 Å². The smallest absolute Gasteiger partial charge is 0.153 e. The molecule has 3 aromatic rings. The third-order valence-electron chi connectivity index (χ3n) is 7.53. The van der Waals surface area contributed by atoms with Crippen molar-refractivity contribution in [1.82, 2.24) is 4.98 Å². The largest absolute Gasteiger partial charge is 0.388 e. The van der Waals surface area contributed by atoms with Gasteiger partial charge in [0, 0.05) is 23.2 Å². The number of hydrogen-bond donors (Lipinski definition) is 1. The lowest BCUT2D eigenvalue weighted by molar-refractivity contribution is 0.112. The van der Waals surface area contributed by atoms with Gasteiger partial charge in [-0.2, -0.15) is 0 Å². The van der Waals surface area contributed by atoms with Gasteiger partial charge in [0.15, 0.2) is 6.17 Å². The molecule has 2 nitrogen and oxygen atoms in total. The van der Waals surface area contributed by atoms with Crippen molar-refractivity contribution in [2.24, 2.45) is 5.41 Å². The molecule has 4 rings (SSSR count). The SMILES string of the molecule is CCC(C)(C)CC(O)c1cnc(C2CCCC2)c(C(F)c2ccc(F)cc2)c1-c1ccc(F)cc1. The summed E-state index contributed by atoms with van der Waals surface area (Å²) in [6.45, 7) is 6.25. The number of nitrogens with zero attached hydrogens (tertiary/aromatic N) is 1. The molecule has 5 heteroatoms. The van der Waals surface area contributed by atoms with Crippen molar-refractivity contribution in [3.8, 4) is 11.1 Å². The number of aliphatic hydroxyl groups excluding tert-OH is 1. The van der Waals surface area contributed by atoms with Gasteiger partial charge in [-0.3, -0.25) is 4.98 Å². The normalized spacial score (nSPS) is 16.4. The highest BCUT2D eigenvalue weighted by Gasteiger charge is 2.32. The highest BCUT2D eigenvalue weighted by atomic mass is 19.1. The first kappa shape index (κ1) is 25.4. The topological polar surface area (TPSA) is 33.1 Å². The Hall–Kier alpha value is -2.66. The number of benzene rings is 2. The van der Waals surface area contributed by atoms with Gasteiger partial charge in [0.05, 0.1) is 11.8 Å². The second-order valence-corrected chi connectivity index (χ2v) is 10.5. The first-order valence-electron chi connectivity index (χ1n) is 12.6. The van der Waals surface area contributed by atoms with Crippen LogP contribution < -0.4 is 0 Å². The van der Waals surface area contributed by atoms with E-state index in [1.54, 1.807) is 18.3 Å². The van der Waals surface area contributed by atoms with Crippen molar-refractivity contribution < 1.29 is 18.3 Å². The molecule has 1 N–H and O–H groups in total. The van der Waals surface area contributed by atoms with E-state index in [0.717, 1.165) is 32.1 Å². The summed E-state index contributed by atoms with van der Waals surface area (Å²) in [5, 5.41) is 11.4. The monoisotopic (exact) mass is 481 g/mol. The molecular formula is C30H34F3NO. The van der Waals surface area contributed by atoms with E-state index in [4.69, 9.17) is 4.98 Å². The molecule has 1 aliphatic rings. The average molecular weight is 482 g/mol. The molecule has 0 spiro atoms. The molecule has 1 fully saturated rings. The van der Waals surface area contributed by atoms with E-state index in [1.807, 2.05) is 0 Å². The Bertz CT molecular complexity index is 1140. The first-order chi connectivity index (χ1) is 16.7. The molecule has 2 aromatic carbocycles. The van der Waals surface area contributed by atoms with Gasteiger partial charge in [-0.25, -0.2) is 13.2 Å². The highest BCUT2D eigenvalue weighted by Crippen LogP contribution is 2.46. The number of hydrogen-bond acceptors (Lipinski definition) is 2. The molecular weight excluding hydrogens is 447 g/mol. The highest BCUT2D eigenvalue weighted by molar-refractivity contribution is 5.73. The summed E-state index contributed by atoms with van der Waals surface area (Å²) in [6.07, 6.45) is 4.56. The summed E-state index contributed by atoms with van der Waals surface area (Å²) >= 11 is 0. The van der Waals surface area contributed by atoms with E-state index in [9.17, 15) is 13.9 Å². The fourth-order valence-electron chi connectivity index (χ4n) is 5.11. The number of rotatable bonds is 8. The Labute approximate surface area is 206 Å². The van der Waals surface area contributed by atoms with Crippen LogP contribution in [0.1, 0.15) is 99.9 Å². The van der Waals surface area contributed by atoms with Crippen LogP contribution in [0.15, 0.2) is 54.7 Å². The van der Waals surface area contributed by atoms with Crippen LogP contribution in [0.4, 0.5) is 13.2 Å². The van der Waals surface area contributed by atoms with Crippen molar-refractivity contribution in [3.63, 3.8) is 0 Å². The molecule has 1 aromatic heterocycles.